The van der Waals surface area contributed by atoms with Crippen LogP contribution < -0.4 is 0 Å². The van der Waals surface area contributed by atoms with Gasteiger partial charge in [0.1, 0.15) is 9.09 Å². The number of halogens is 1. The summed E-state index contributed by atoms with van der Waals surface area (Å²) in [5, 5.41) is 16.2. The fraction of sp³-hybridized carbons (Fsp3) is 0.176. The Morgan fingerprint density at radius 3 is 2.68 bits per heavy atom. The average molecular weight is 450 g/mol. The van der Waals surface area contributed by atoms with Crippen molar-refractivity contribution < 1.29 is 9.72 Å². The van der Waals surface area contributed by atoms with Gasteiger partial charge in [-0.3, -0.25) is 19.6 Å². The lowest BCUT2D eigenvalue weighted by atomic mass is 10.1. The van der Waals surface area contributed by atoms with Crippen LogP contribution in [0.25, 0.3) is 10.9 Å². The molecule has 0 unspecified atom stereocenters. The highest BCUT2D eigenvalue weighted by molar-refractivity contribution is 14.1. The van der Waals surface area contributed by atoms with Gasteiger partial charge >= 0.3 is 0 Å². The maximum Gasteiger partial charge on any atom is 0.281 e. The second kappa shape index (κ2) is 6.79. The van der Waals surface area contributed by atoms with Crippen LogP contribution in [0.5, 0.6) is 0 Å². The molecule has 0 saturated carbocycles. The third-order valence-corrected chi connectivity index (χ3v) is 4.58. The van der Waals surface area contributed by atoms with Crippen LogP contribution >= 0.6 is 22.6 Å². The lowest BCUT2D eigenvalue weighted by Gasteiger charge is -2.11. The summed E-state index contributed by atoms with van der Waals surface area (Å²) in [6.45, 7) is 0.426. The minimum atomic E-state index is -0.396. The van der Waals surface area contributed by atoms with Gasteiger partial charge in [0.15, 0.2) is 0 Å². The molecule has 0 spiro atoms. The molecule has 0 aliphatic carbocycles. The van der Waals surface area contributed by atoms with E-state index in [2.05, 4.69) is 5.10 Å². The molecule has 0 radical (unpaired) electrons. The van der Waals surface area contributed by atoms with Crippen LogP contribution in [0.1, 0.15) is 15.9 Å². The molecule has 0 aliphatic heterocycles. The van der Waals surface area contributed by atoms with Crippen molar-refractivity contribution in [3.8, 4) is 0 Å². The van der Waals surface area contributed by atoms with Crippen LogP contribution in [0, 0.1) is 13.8 Å². The van der Waals surface area contributed by atoms with Crippen molar-refractivity contribution in [2.45, 2.75) is 6.54 Å². The lowest BCUT2D eigenvalue weighted by Crippen LogP contribution is -2.21. The number of aromatic nitrogens is 2. The molecule has 8 heteroatoms. The van der Waals surface area contributed by atoms with E-state index in [1.807, 2.05) is 46.9 Å². The Morgan fingerprint density at radius 1 is 1.28 bits per heavy atom. The predicted octanol–water partition coefficient (Wildman–Crippen LogP) is 3.30. The third kappa shape index (κ3) is 3.34. The van der Waals surface area contributed by atoms with E-state index in [1.54, 1.807) is 30.9 Å². The van der Waals surface area contributed by atoms with Crippen molar-refractivity contribution in [2.75, 3.05) is 14.1 Å². The standard InChI is InChI=1S/C17H15IN4O3/c1-20(2)17(23)12-6-3-5-11(9-12)10-21-13-7-4-8-14(22(24)25)15(13)16(18)19-21/h3-9H,10H2,1-2H3. The number of fused-ring (bicyclic) bond motifs is 1. The molecule has 0 atom stereocenters. The minimum absolute atomic E-state index is 0.0460. The summed E-state index contributed by atoms with van der Waals surface area (Å²) < 4.78 is 2.31. The summed E-state index contributed by atoms with van der Waals surface area (Å²) in [5.41, 5.74) is 2.24. The first-order valence-corrected chi connectivity index (χ1v) is 8.56. The average Bonchev–Trinajstić information content (AvgIpc) is 2.90. The van der Waals surface area contributed by atoms with E-state index in [-0.39, 0.29) is 11.6 Å². The van der Waals surface area contributed by atoms with Gasteiger partial charge < -0.3 is 4.90 Å². The quantitative estimate of drug-likeness (QED) is 0.347. The number of hydrogen-bond donors (Lipinski definition) is 0. The van der Waals surface area contributed by atoms with Gasteiger partial charge in [-0.05, 0) is 46.4 Å². The SMILES string of the molecule is CN(C)C(=O)c1cccc(Cn2nc(I)c3c([N+](=O)[O-])cccc32)c1. The topological polar surface area (TPSA) is 81.3 Å². The van der Waals surface area contributed by atoms with Crippen LogP contribution in [-0.4, -0.2) is 39.6 Å². The van der Waals surface area contributed by atoms with Crippen LogP contribution in [-0.2, 0) is 6.54 Å². The summed E-state index contributed by atoms with van der Waals surface area (Å²) in [7, 11) is 3.41. The summed E-state index contributed by atoms with van der Waals surface area (Å²) in [4.78, 5) is 24.5. The van der Waals surface area contributed by atoms with Gasteiger partial charge in [0, 0.05) is 25.7 Å². The molecule has 1 aromatic heterocycles. The summed E-state index contributed by atoms with van der Waals surface area (Å²) >= 11 is 2.01. The van der Waals surface area contributed by atoms with Crippen LogP contribution in [0.2, 0.25) is 0 Å². The predicted molar refractivity (Wildman–Crippen MR) is 103 cm³/mol. The van der Waals surface area contributed by atoms with Gasteiger partial charge in [0.2, 0.25) is 0 Å². The smallest absolute Gasteiger partial charge is 0.281 e. The van der Waals surface area contributed by atoms with Crippen LogP contribution in [0.15, 0.2) is 42.5 Å². The highest BCUT2D eigenvalue weighted by Crippen LogP contribution is 2.30. The maximum absolute atomic E-state index is 12.1. The van der Waals surface area contributed by atoms with Gasteiger partial charge in [-0.25, -0.2) is 0 Å². The van der Waals surface area contributed by atoms with E-state index in [0.29, 0.717) is 26.7 Å². The first-order valence-electron chi connectivity index (χ1n) is 7.48. The Balaban J connectivity index is 2.02. The molecule has 25 heavy (non-hydrogen) atoms. The molecule has 0 N–H and O–H groups in total. The van der Waals surface area contributed by atoms with Crippen molar-refractivity contribution >= 4 is 45.1 Å². The molecule has 3 rings (SSSR count). The molecular weight excluding hydrogens is 435 g/mol. The fourth-order valence-corrected chi connectivity index (χ4v) is 3.48. The third-order valence-electron chi connectivity index (χ3n) is 3.82. The minimum Gasteiger partial charge on any atom is -0.345 e. The summed E-state index contributed by atoms with van der Waals surface area (Å²) in [5.74, 6) is -0.0719. The molecule has 128 valence electrons. The zero-order valence-corrected chi connectivity index (χ0v) is 15.8. The number of nitro benzene ring substituents is 1. The Labute approximate surface area is 157 Å². The molecule has 2 aromatic carbocycles. The Morgan fingerprint density at radius 2 is 2.00 bits per heavy atom. The van der Waals surface area contributed by atoms with E-state index < -0.39 is 4.92 Å². The van der Waals surface area contributed by atoms with Crippen molar-refractivity contribution in [1.82, 2.24) is 14.7 Å². The van der Waals surface area contributed by atoms with Gasteiger partial charge in [-0.15, -0.1) is 0 Å². The number of nitrogens with zero attached hydrogens (tertiary/aromatic N) is 4. The number of carbonyl (C=O) groups is 1. The first kappa shape index (κ1) is 17.3. The van der Waals surface area contributed by atoms with Gasteiger partial charge in [0.05, 0.1) is 17.0 Å². The molecule has 0 fully saturated rings. The highest BCUT2D eigenvalue weighted by atomic mass is 127. The number of amides is 1. The van der Waals surface area contributed by atoms with Crippen molar-refractivity contribution in [1.29, 1.82) is 0 Å². The fourth-order valence-electron chi connectivity index (χ4n) is 2.67. The highest BCUT2D eigenvalue weighted by Gasteiger charge is 2.19. The monoisotopic (exact) mass is 450 g/mol. The summed E-state index contributed by atoms with van der Waals surface area (Å²) in [6.07, 6.45) is 0. The van der Waals surface area contributed by atoms with E-state index in [9.17, 15) is 14.9 Å². The lowest BCUT2D eigenvalue weighted by molar-refractivity contribution is -0.383. The number of rotatable bonds is 4. The Kier molecular flexibility index (Phi) is 4.71. The number of non-ortho nitro benzene ring substituents is 1. The van der Waals surface area contributed by atoms with Gasteiger partial charge in [-0.2, -0.15) is 5.10 Å². The summed E-state index contributed by atoms with van der Waals surface area (Å²) in [6, 6.07) is 12.3. The number of nitro groups is 1. The Hall–Kier alpha value is -2.49. The largest absolute Gasteiger partial charge is 0.345 e. The molecule has 0 aliphatic rings. The molecule has 1 amide bonds. The van der Waals surface area contributed by atoms with Gasteiger partial charge in [-0.1, -0.05) is 18.2 Å². The van der Waals surface area contributed by atoms with Crippen molar-refractivity contribution in [2.24, 2.45) is 0 Å². The molecule has 3 aromatic rings. The normalized spacial score (nSPS) is 10.8. The number of carbonyl (C=O) groups excluding carboxylic acids is 1. The van der Waals surface area contributed by atoms with Crippen molar-refractivity contribution in [3.05, 3.63) is 67.4 Å². The zero-order valence-electron chi connectivity index (χ0n) is 13.6. The molecule has 0 saturated heterocycles. The zero-order chi connectivity index (χ0) is 18.1. The number of hydrogen-bond acceptors (Lipinski definition) is 4. The second-order valence-corrected chi connectivity index (χ2v) is 6.80. The number of benzene rings is 2. The molecule has 7 nitrogen and oxygen atoms in total. The second-order valence-electron chi connectivity index (χ2n) is 5.78. The van der Waals surface area contributed by atoms with E-state index >= 15 is 0 Å². The van der Waals surface area contributed by atoms with E-state index in [1.165, 1.54) is 11.0 Å². The Bertz CT molecular complexity index is 981. The molecular formula is C17H15IN4O3. The van der Waals surface area contributed by atoms with Crippen LogP contribution in [0.4, 0.5) is 5.69 Å². The van der Waals surface area contributed by atoms with E-state index in [0.717, 1.165) is 5.56 Å². The van der Waals surface area contributed by atoms with Crippen molar-refractivity contribution in [3.63, 3.8) is 0 Å². The van der Waals surface area contributed by atoms with Gasteiger partial charge in [0.25, 0.3) is 11.6 Å². The molecule has 1 heterocycles. The van der Waals surface area contributed by atoms with Crippen LogP contribution in [0.3, 0.4) is 0 Å². The maximum atomic E-state index is 12.1. The molecule has 0 bridgehead atoms. The van der Waals surface area contributed by atoms with E-state index in [4.69, 9.17) is 0 Å². The first-order chi connectivity index (χ1) is 11.9.